The summed E-state index contributed by atoms with van der Waals surface area (Å²) in [4.78, 5) is 0. The number of benzene rings is 2. The Bertz CT molecular complexity index is 633. The second kappa shape index (κ2) is 3.84. The van der Waals surface area contributed by atoms with Crippen molar-refractivity contribution in [2.45, 2.75) is 18.9 Å². The van der Waals surface area contributed by atoms with E-state index in [2.05, 4.69) is 35.6 Å². The first-order valence-corrected chi connectivity index (χ1v) is 6.85. The average molecular weight is 256 g/mol. The summed E-state index contributed by atoms with van der Waals surface area (Å²) in [6, 6.07) is 13.4. The lowest BCUT2D eigenvalue weighted by atomic mass is 9.78. The van der Waals surface area contributed by atoms with E-state index >= 15 is 0 Å². The Morgan fingerprint density at radius 2 is 2.00 bits per heavy atom. The van der Waals surface area contributed by atoms with Crippen molar-refractivity contribution >= 4 is 11.6 Å². The van der Waals surface area contributed by atoms with Crippen molar-refractivity contribution in [1.29, 1.82) is 0 Å². The smallest absolute Gasteiger partial charge is 0.0409 e. The fourth-order valence-corrected chi connectivity index (χ4v) is 3.54. The van der Waals surface area contributed by atoms with Gasteiger partial charge in [-0.1, -0.05) is 35.9 Å². The maximum atomic E-state index is 6.12. The van der Waals surface area contributed by atoms with Gasteiger partial charge in [-0.15, -0.1) is 0 Å². The Hall–Kier alpha value is -1.31. The van der Waals surface area contributed by atoms with Crippen molar-refractivity contribution < 1.29 is 0 Å². The summed E-state index contributed by atoms with van der Waals surface area (Å²) in [7, 11) is 0. The lowest BCUT2D eigenvalue weighted by Crippen LogP contribution is -2.33. The highest BCUT2D eigenvalue weighted by Crippen LogP contribution is 2.42. The molecule has 1 N–H and O–H groups in total. The molecule has 1 unspecified atom stereocenters. The molecule has 18 heavy (non-hydrogen) atoms. The molecule has 90 valence electrons. The Balaban J connectivity index is 2.02. The van der Waals surface area contributed by atoms with Crippen LogP contribution < -0.4 is 5.32 Å². The van der Waals surface area contributed by atoms with E-state index < -0.39 is 0 Å². The Morgan fingerprint density at radius 3 is 2.94 bits per heavy atom. The van der Waals surface area contributed by atoms with Gasteiger partial charge >= 0.3 is 0 Å². The molecule has 1 atom stereocenters. The van der Waals surface area contributed by atoms with E-state index in [-0.39, 0.29) is 0 Å². The molecular formula is C16H14ClN. The zero-order chi connectivity index (χ0) is 12.1. The van der Waals surface area contributed by atoms with E-state index in [1.54, 1.807) is 0 Å². The summed E-state index contributed by atoms with van der Waals surface area (Å²) in [6.07, 6.45) is 2.20. The highest BCUT2D eigenvalue weighted by atomic mass is 35.5. The molecule has 0 bridgehead atoms. The van der Waals surface area contributed by atoms with Crippen LogP contribution in [0.15, 0.2) is 36.4 Å². The van der Waals surface area contributed by atoms with Crippen molar-refractivity contribution in [3.05, 3.63) is 58.1 Å². The fourth-order valence-electron chi connectivity index (χ4n) is 3.35. The zero-order valence-corrected chi connectivity index (χ0v) is 10.8. The molecule has 0 spiro atoms. The SMILES string of the molecule is Clc1ccc2c(c1)CC1NCCc3cccc-2c31. The third-order valence-electron chi connectivity index (χ3n) is 4.11. The summed E-state index contributed by atoms with van der Waals surface area (Å²) < 4.78 is 0. The normalized spacial score (nSPS) is 20.2. The quantitative estimate of drug-likeness (QED) is 0.756. The van der Waals surface area contributed by atoms with E-state index in [9.17, 15) is 0 Å². The standard InChI is InChI=1S/C16H14ClN/c17-12-4-5-13-11(8-12)9-15-16-10(6-7-18-15)2-1-3-14(13)16/h1-5,8,15,18H,6-7,9H2. The van der Waals surface area contributed by atoms with Crippen LogP contribution in [0.4, 0.5) is 0 Å². The van der Waals surface area contributed by atoms with Gasteiger partial charge in [-0.3, -0.25) is 0 Å². The van der Waals surface area contributed by atoms with Crippen LogP contribution in [-0.4, -0.2) is 6.54 Å². The molecule has 0 fully saturated rings. The van der Waals surface area contributed by atoms with Gasteiger partial charge < -0.3 is 5.32 Å². The van der Waals surface area contributed by atoms with Gasteiger partial charge in [0, 0.05) is 11.1 Å². The maximum Gasteiger partial charge on any atom is 0.0409 e. The van der Waals surface area contributed by atoms with Crippen LogP contribution in [0, 0.1) is 0 Å². The van der Waals surface area contributed by atoms with Crippen LogP contribution in [-0.2, 0) is 12.8 Å². The second-order valence-corrected chi connectivity index (χ2v) is 5.58. The molecule has 1 nitrogen and oxygen atoms in total. The highest BCUT2D eigenvalue weighted by molar-refractivity contribution is 6.30. The number of hydrogen-bond donors (Lipinski definition) is 1. The molecule has 0 saturated carbocycles. The molecule has 0 aromatic heterocycles. The molecule has 2 aromatic carbocycles. The number of rotatable bonds is 0. The van der Waals surface area contributed by atoms with Crippen LogP contribution in [0.2, 0.25) is 5.02 Å². The van der Waals surface area contributed by atoms with E-state index in [0.717, 1.165) is 24.4 Å². The molecule has 4 rings (SSSR count). The zero-order valence-electron chi connectivity index (χ0n) is 10.0. The van der Waals surface area contributed by atoms with Gasteiger partial charge in [0.25, 0.3) is 0 Å². The van der Waals surface area contributed by atoms with E-state index in [1.165, 1.54) is 27.8 Å². The lowest BCUT2D eigenvalue weighted by molar-refractivity contribution is 0.499. The van der Waals surface area contributed by atoms with Gasteiger partial charge in [0.1, 0.15) is 0 Å². The fraction of sp³-hybridized carbons (Fsp3) is 0.250. The first-order valence-electron chi connectivity index (χ1n) is 6.47. The van der Waals surface area contributed by atoms with Gasteiger partial charge in [0.05, 0.1) is 0 Å². The van der Waals surface area contributed by atoms with Crippen molar-refractivity contribution in [2.75, 3.05) is 6.54 Å². The largest absolute Gasteiger partial charge is 0.309 e. The first kappa shape index (κ1) is 10.6. The Morgan fingerprint density at radius 1 is 1.06 bits per heavy atom. The lowest BCUT2D eigenvalue weighted by Gasteiger charge is -2.34. The summed E-state index contributed by atoms with van der Waals surface area (Å²) in [6.45, 7) is 1.08. The molecule has 1 aliphatic heterocycles. The molecule has 0 radical (unpaired) electrons. The third kappa shape index (κ3) is 1.44. The minimum absolute atomic E-state index is 0.468. The summed E-state index contributed by atoms with van der Waals surface area (Å²) in [5.74, 6) is 0. The van der Waals surface area contributed by atoms with E-state index in [0.29, 0.717) is 6.04 Å². The van der Waals surface area contributed by atoms with Crippen LogP contribution in [0.3, 0.4) is 0 Å². The molecule has 1 heterocycles. The predicted molar refractivity (Wildman–Crippen MR) is 75.0 cm³/mol. The van der Waals surface area contributed by atoms with E-state index in [1.807, 2.05) is 6.07 Å². The molecule has 0 saturated heterocycles. The second-order valence-electron chi connectivity index (χ2n) is 5.14. The van der Waals surface area contributed by atoms with E-state index in [4.69, 9.17) is 11.6 Å². The maximum absolute atomic E-state index is 6.12. The predicted octanol–water partition coefficient (Wildman–Crippen LogP) is 3.75. The molecule has 2 aliphatic rings. The van der Waals surface area contributed by atoms with Gasteiger partial charge in [0.2, 0.25) is 0 Å². The minimum atomic E-state index is 0.468. The molecule has 2 heteroatoms. The number of nitrogens with one attached hydrogen (secondary N) is 1. The number of halogens is 1. The van der Waals surface area contributed by atoms with Gasteiger partial charge in [-0.05, 0) is 59.3 Å². The molecular weight excluding hydrogens is 242 g/mol. The Kier molecular flexibility index (Phi) is 2.26. The number of hydrogen-bond acceptors (Lipinski definition) is 1. The minimum Gasteiger partial charge on any atom is -0.309 e. The van der Waals surface area contributed by atoms with Crippen LogP contribution in [0.1, 0.15) is 22.7 Å². The first-order chi connectivity index (χ1) is 8.83. The van der Waals surface area contributed by atoms with Crippen molar-refractivity contribution in [3.8, 4) is 11.1 Å². The van der Waals surface area contributed by atoms with Crippen LogP contribution >= 0.6 is 11.6 Å². The topological polar surface area (TPSA) is 12.0 Å². The van der Waals surface area contributed by atoms with Gasteiger partial charge in [-0.2, -0.15) is 0 Å². The van der Waals surface area contributed by atoms with Gasteiger partial charge in [0.15, 0.2) is 0 Å². The Labute approximate surface area is 112 Å². The summed E-state index contributed by atoms with van der Waals surface area (Å²) >= 11 is 6.12. The van der Waals surface area contributed by atoms with Crippen molar-refractivity contribution in [3.63, 3.8) is 0 Å². The number of fused-ring (bicyclic) bond motifs is 2. The highest BCUT2D eigenvalue weighted by Gasteiger charge is 2.28. The van der Waals surface area contributed by atoms with Crippen LogP contribution in [0.25, 0.3) is 11.1 Å². The molecule has 2 aromatic rings. The van der Waals surface area contributed by atoms with Gasteiger partial charge in [-0.25, -0.2) is 0 Å². The molecule has 1 aliphatic carbocycles. The summed E-state index contributed by atoms with van der Waals surface area (Å²) in [5, 5.41) is 4.47. The summed E-state index contributed by atoms with van der Waals surface area (Å²) in [5.41, 5.74) is 7.14. The monoisotopic (exact) mass is 255 g/mol. The van der Waals surface area contributed by atoms with Crippen molar-refractivity contribution in [1.82, 2.24) is 5.32 Å². The average Bonchev–Trinajstić information content (AvgIpc) is 2.39. The van der Waals surface area contributed by atoms with Crippen molar-refractivity contribution in [2.24, 2.45) is 0 Å². The third-order valence-corrected chi connectivity index (χ3v) is 4.35. The van der Waals surface area contributed by atoms with Crippen LogP contribution in [0.5, 0.6) is 0 Å². The molecule has 0 amide bonds.